The standard InChI is InChI=1S/C24H24O7/c1-14(2)4-6-17-12-15(5-11-19(17)26)13-24(23(29)30-3)20(21(27)22(28)31-24)16-7-9-18(25)10-8-16/h4-5,7-12,25-27H,6,13H2,1-3H3/t24-/m1/s1. The third-order valence-electron chi connectivity index (χ3n) is 5.10. The zero-order chi connectivity index (χ0) is 22.8. The van der Waals surface area contributed by atoms with Crippen LogP contribution in [0.5, 0.6) is 11.5 Å². The van der Waals surface area contributed by atoms with Crippen molar-refractivity contribution < 1.29 is 34.4 Å². The minimum atomic E-state index is -1.92. The lowest BCUT2D eigenvalue weighted by Crippen LogP contribution is -2.44. The largest absolute Gasteiger partial charge is 0.508 e. The van der Waals surface area contributed by atoms with Crippen LogP contribution in [0.15, 0.2) is 59.9 Å². The summed E-state index contributed by atoms with van der Waals surface area (Å²) in [4.78, 5) is 25.2. The number of methoxy groups -OCH3 is 1. The molecule has 2 aromatic rings. The van der Waals surface area contributed by atoms with Gasteiger partial charge in [-0.1, -0.05) is 35.9 Å². The van der Waals surface area contributed by atoms with Crippen LogP contribution in [0.25, 0.3) is 5.57 Å². The first-order chi connectivity index (χ1) is 14.7. The lowest BCUT2D eigenvalue weighted by atomic mass is 9.83. The first kappa shape index (κ1) is 22.0. The predicted molar refractivity (Wildman–Crippen MR) is 113 cm³/mol. The molecule has 7 nitrogen and oxygen atoms in total. The van der Waals surface area contributed by atoms with Crippen LogP contribution in [-0.2, 0) is 31.9 Å². The highest BCUT2D eigenvalue weighted by Gasteiger charge is 2.55. The van der Waals surface area contributed by atoms with Crippen LogP contribution < -0.4 is 0 Å². The molecule has 0 aromatic heterocycles. The van der Waals surface area contributed by atoms with Gasteiger partial charge >= 0.3 is 11.9 Å². The van der Waals surface area contributed by atoms with Gasteiger partial charge in [0.15, 0.2) is 0 Å². The molecule has 162 valence electrons. The number of hydrogen-bond acceptors (Lipinski definition) is 7. The number of cyclic esters (lactones) is 1. The van der Waals surface area contributed by atoms with E-state index in [9.17, 15) is 24.9 Å². The number of allylic oxidation sites excluding steroid dienone is 2. The monoisotopic (exact) mass is 424 g/mol. The highest BCUT2D eigenvalue weighted by Crippen LogP contribution is 2.43. The van der Waals surface area contributed by atoms with Crippen LogP contribution in [0.1, 0.15) is 30.5 Å². The second kappa shape index (κ2) is 8.55. The Morgan fingerprint density at radius 3 is 2.39 bits per heavy atom. The van der Waals surface area contributed by atoms with E-state index in [-0.39, 0.29) is 23.5 Å². The van der Waals surface area contributed by atoms with E-state index in [1.165, 1.54) is 37.4 Å². The molecule has 0 fully saturated rings. The average molecular weight is 424 g/mol. The van der Waals surface area contributed by atoms with Gasteiger partial charge in [0, 0.05) is 6.42 Å². The minimum absolute atomic E-state index is 0.0137. The summed E-state index contributed by atoms with van der Waals surface area (Å²) in [6, 6.07) is 10.5. The molecule has 3 N–H and O–H groups in total. The van der Waals surface area contributed by atoms with Crippen molar-refractivity contribution in [1.29, 1.82) is 0 Å². The molecule has 3 rings (SSSR count). The third kappa shape index (κ3) is 4.26. The average Bonchev–Trinajstić information content (AvgIpc) is 2.99. The molecule has 0 unspecified atom stereocenters. The number of aliphatic hydroxyl groups excluding tert-OH is 1. The number of phenolic OH excluding ortho intramolecular Hbond substituents is 2. The fourth-order valence-electron chi connectivity index (χ4n) is 3.57. The molecule has 7 heteroatoms. The summed E-state index contributed by atoms with van der Waals surface area (Å²) in [6.45, 7) is 3.89. The lowest BCUT2D eigenvalue weighted by Gasteiger charge is -2.28. The normalized spacial score (nSPS) is 18.0. The highest BCUT2D eigenvalue weighted by atomic mass is 16.6. The number of rotatable bonds is 6. The van der Waals surface area contributed by atoms with Gasteiger partial charge in [0.25, 0.3) is 0 Å². The summed E-state index contributed by atoms with van der Waals surface area (Å²) in [5.41, 5.74) is 0.695. The van der Waals surface area contributed by atoms with Gasteiger partial charge in [0.1, 0.15) is 11.5 Å². The molecule has 31 heavy (non-hydrogen) atoms. The quantitative estimate of drug-likeness (QED) is 0.480. The maximum atomic E-state index is 12.9. The van der Waals surface area contributed by atoms with Gasteiger partial charge in [-0.2, -0.15) is 0 Å². The Hall–Kier alpha value is -3.74. The smallest absolute Gasteiger partial charge is 0.375 e. The van der Waals surface area contributed by atoms with Crippen LogP contribution in [0.4, 0.5) is 0 Å². The molecule has 1 aliphatic heterocycles. The molecule has 0 radical (unpaired) electrons. The molecule has 0 bridgehead atoms. The Morgan fingerprint density at radius 2 is 1.77 bits per heavy atom. The van der Waals surface area contributed by atoms with E-state index in [1.54, 1.807) is 12.1 Å². The molecule has 1 heterocycles. The van der Waals surface area contributed by atoms with Crippen LogP contribution in [0.3, 0.4) is 0 Å². The van der Waals surface area contributed by atoms with E-state index >= 15 is 0 Å². The number of ether oxygens (including phenoxy) is 2. The third-order valence-corrected chi connectivity index (χ3v) is 5.10. The Kier molecular flexibility index (Phi) is 6.06. The Morgan fingerprint density at radius 1 is 1.10 bits per heavy atom. The fraction of sp³-hybridized carbons (Fsp3) is 0.250. The molecule has 0 spiro atoms. The first-order valence-corrected chi connectivity index (χ1v) is 9.67. The summed E-state index contributed by atoms with van der Waals surface area (Å²) in [6.07, 6.45) is 2.32. The van der Waals surface area contributed by atoms with Gasteiger partial charge in [-0.3, -0.25) is 0 Å². The van der Waals surface area contributed by atoms with Crippen molar-refractivity contribution in [2.45, 2.75) is 32.3 Å². The maximum Gasteiger partial charge on any atom is 0.375 e. The van der Waals surface area contributed by atoms with E-state index in [1.807, 2.05) is 19.9 Å². The van der Waals surface area contributed by atoms with Crippen LogP contribution >= 0.6 is 0 Å². The number of phenols is 2. The molecule has 0 amide bonds. The van der Waals surface area contributed by atoms with Gasteiger partial charge in [0.05, 0.1) is 12.7 Å². The second-order valence-corrected chi connectivity index (χ2v) is 7.60. The number of aromatic hydroxyl groups is 2. The van der Waals surface area contributed by atoms with E-state index in [0.29, 0.717) is 23.1 Å². The number of carbonyl (C=O) groups is 2. The van der Waals surface area contributed by atoms with Crippen LogP contribution in [0, 0.1) is 0 Å². The molecule has 2 aromatic carbocycles. The van der Waals surface area contributed by atoms with E-state index < -0.39 is 23.3 Å². The topological polar surface area (TPSA) is 113 Å². The number of aliphatic hydroxyl groups is 1. The summed E-state index contributed by atoms with van der Waals surface area (Å²) in [5.74, 6) is -2.50. The number of benzene rings is 2. The second-order valence-electron chi connectivity index (χ2n) is 7.60. The number of esters is 2. The van der Waals surface area contributed by atoms with E-state index in [4.69, 9.17) is 9.47 Å². The van der Waals surface area contributed by atoms with Crippen molar-refractivity contribution in [3.05, 3.63) is 76.6 Å². The molecule has 1 atom stereocenters. The van der Waals surface area contributed by atoms with Crippen molar-refractivity contribution in [2.24, 2.45) is 0 Å². The van der Waals surface area contributed by atoms with Gasteiger partial charge in [-0.15, -0.1) is 0 Å². The van der Waals surface area contributed by atoms with Crippen molar-refractivity contribution in [3.63, 3.8) is 0 Å². The molecular formula is C24H24O7. The first-order valence-electron chi connectivity index (χ1n) is 9.67. The summed E-state index contributed by atoms with van der Waals surface area (Å²) >= 11 is 0. The van der Waals surface area contributed by atoms with Crippen molar-refractivity contribution >= 4 is 17.5 Å². The highest BCUT2D eigenvalue weighted by molar-refractivity contribution is 6.11. The van der Waals surface area contributed by atoms with E-state index in [0.717, 1.165) is 5.57 Å². The minimum Gasteiger partial charge on any atom is -0.508 e. The van der Waals surface area contributed by atoms with Crippen molar-refractivity contribution in [2.75, 3.05) is 7.11 Å². The van der Waals surface area contributed by atoms with Gasteiger partial charge in [0.2, 0.25) is 11.4 Å². The summed E-state index contributed by atoms with van der Waals surface area (Å²) in [5, 5.41) is 30.2. The van der Waals surface area contributed by atoms with Crippen molar-refractivity contribution in [3.8, 4) is 11.5 Å². The van der Waals surface area contributed by atoms with Gasteiger partial charge in [-0.05, 0) is 55.2 Å². The van der Waals surface area contributed by atoms with Crippen LogP contribution in [0.2, 0.25) is 0 Å². The molecular weight excluding hydrogens is 400 g/mol. The van der Waals surface area contributed by atoms with E-state index in [2.05, 4.69) is 0 Å². The number of carbonyl (C=O) groups excluding carboxylic acids is 2. The summed E-state index contributed by atoms with van der Waals surface area (Å²) < 4.78 is 10.4. The fourth-order valence-corrected chi connectivity index (χ4v) is 3.57. The van der Waals surface area contributed by atoms with Gasteiger partial charge < -0.3 is 24.8 Å². The molecule has 0 saturated carbocycles. The lowest BCUT2D eigenvalue weighted by molar-refractivity contribution is -0.169. The Bertz CT molecular complexity index is 1080. The van der Waals surface area contributed by atoms with Gasteiger partial charge in [-0.25, -0.2) is 9.59 Å². The predicted octanol–water partition coefficient (Wildman–Crippen LogP) is 3.59. The molecule has 0 saturated heterocycles. The Balaban J connectivity index is 2.11. The molecule has 0 aliphatic carbocycles. The zero-order valence-corrected chi connectivity index (χ0v) is 17.5. The molecule has 1 aliphatic rings. The SMILES string of the molecule is COC(=O)[C@]1(Cc2ccc(O)c(CC=C(C)C)c2)OC(=O)C(O)=C1c1ccc(O)cc1. The zero-order valence-electron chi connectivity index (χ0n) is 17.5. The summed E-state index contributed by atoms with van der Waals surface area (Å²) in [7, 11) is 1.17. The van der Waals surface area contributed by atoms with Crippen molar-refractivity contribution in [1.82, 2.24) is 0 Å². The maximum absolute atomic E-state index is 12.9. The van der Waals surface area contributed by atoms with Crippen LogP contribution in [-0.4, -0.2) is 40.0 Å². The number of hydrogen-bond donors (Lipinski definition) is 3. The Labute approximate surface area is 179 Å².